The predicted molar refractivity (Wildman–Crippen MR) is 84.7 cm³/mol. The Morgan fingerprint density at radius 2 is 2.00 bits per heavy atom. The molecule has 6 nitrogen and oxygen atoms in total. The molecule has 0 spiro atoms. The molecular formula is C17H19FN2O4. The number of amides is 2. The summed E-state index contributed by atoms with van der Waals surface area (Å²) in [5, 5.41) is 11.2. The molecule has 1 fully saturated rings. The zero-order valence-electron chi connectivity index (χ0n) is 13.2. The van der Waals surface area contributed by atoms with Crippen LogP contribution in [0.5, 0.6) is 0 Å². The van der Waals surface area contributed by atoms with Gasteiger partial charge in [-0.3, -0.25) is 14.4 Å². The highest BCUT2D eigenvalue weighted by molar-refractivity contribution is 5.94. The summed E-state index contributed by atoms with van der Waals surface area (Å²) >= 11 is 0. The van der Waals surface area contributed by atoms with Crippen molar-refractivity contribution in [2.45, 2.75) is 38.1 Å². The van der Waals surface area contributed by atoms with Gasteiger partial charge in [0.15, 0.2) is 6.04 Å². The van der Waals surface area contributed by atoms with Gasteiger partial charge in [0.2, 0.25) is 12.2 Å². The predicted octanol–water partition coefficient (Wildman–Crippen LogP) is 1.27. The van der Waals surface area contributed by atoms with Crippen LogP contribution < -0.4 is 5.32 Å². The van der Waals surface area contributed by atoms with Crippen LogP contribution in [-0.4, -0.2) is 46.2 Å². The number of carboxylic acid groups (broad SMARTS) is 1. The van der Waals surface area contributed by atoms with E-state index in [1.807, 2.05) is 6.07 Å². The van der Waals surface area contributed by atoms with Crippen molar-refractivity contribution < 1.29 is 23.9 Å². The van der Waals surface area contributed by atoms with Gasteiger partial charge in [0.05, 0.1) is 18.9 Å². The lowest BCUT2D eigenvalue weighted by atomic mass is 9.96. The first-order chi connectivity index (χ1) is 11.3. The Bertz CT molecular complexity index is 662. The molecule has 0 aromatic heterocycles. The number of hydrogen-bond acceptors (Lipinski definition) is 3. The number of nitrogens with zero attached hydrogens (tertiary/aromatic N) is 1. The van der Waals surface area contributed by atoms with Crippen LogP contribution in [0.1, 0.15) is 18.9 Å². The second-order valence-corrected chi connectivity index (χ2v) is 5.79. The van der Waals surface area contributed by atoms with E-state index in [1.54, 1.807) is 24.3 Å². The first kappa shape index (κ1) is 17.7. The second-order valence-electron chi connectivity index (χ2n) is 5.79. The molecule has 2 rings (SSSR count). The van der Waals surface area contributed by atoms with Crippen LogP contribution in [0.4, 0.5) is 4.39 Å². The topological polar surface area (TPSA) is 86.7 Å². The lowest BCUT2D eigenvalue weighted by Gasteiger charge is -2.46. The maximum Gasteiger partial charge on any atom is 0.305 e. The van der Waals surface area contributed by atoms with Gasteiger partial charge in [0.1, 0.15) is 0 Å². The Labute approximate surface area is 139 Å². The average Bonchev–Trinajstić information content (AvgIpc) is 2.52. The normalized spacial score (nSPS) is 20.9. The number of benzene rings is 1. The minimum absolute atomic E-state index is 0.0381. The number of carboxylic acids is 1. The fraction of sp³-hybridized carbons (Fsp3) is 0.353. The molecule has 0 aliphatic carbocycles. The maximum absolute atomic E-state index is 14.3. The molecule has 1 aliphatic heterocycles. The molecule has 7 heteroatoms. The van der Waals surface area contributed by atoms with Crippen molar-refractivity contribution in [3.8, 4) is 0 Å². The summed E-state index contributed by atoms with van der Waals surface area (Å²) in [6.07, 6.45) is -2.15. The minimum atomic E-state index is -1.77. The number of rotatable bonds is 7. The molecule has 128 valence electrons. The van der Waals surface area contributed by atoms with E-state index in [1.165, 1.54) is 6.92 Å². The molecule has 2 amide bonds. The van der Waals surface area contributed by atoms with Crippen LogP contribution in [0.15, 0.2) is 42.5 Å². The van der Waals surface area contributed by atoms with Crippen LogP contribution in [-0.2, 0) is 20.8 Å². The van der Waals surface area contributed by atoms with E-state index in [2.05, 4.69) is 11.9 Å². The van der Waals surface area contributed by atoms with Gasteiger partial charge in [-0.15, -0.1) is 0 Å². The molecule has 1 saturated heterocycles. The molecule has 2 N–H and O–H groups in total. The number of halogens is 1. The molecule has 0 saturated carbocycles. The van der Waals surface area contributed by atoms with Crippen molar-refractivity contribution in [1.82, 2.24) is 10.2 Å². The summed E-state index contributed by atoms with van der Waals surface area (Å²) in [5.74, 6) is -2.26. The summed E-state index contributed by atoms with van der Waals surface area (Å²) in [6, 6.07) is 6.67. The van der Waals surface area contributed by atoms with Crippen LogP contribution in [0.3, 0.4) is 0 Å². The van der Waals surface area contributed by atoms with Crippen LogP contribution in [0, 0.1) is 0 Å². The first-order valence-corrected chi connectivity index (χ1v) is 7.48. The van der Waals surface area contributed by atoms with Gasteiger partial charge >= 0.3 is 5.97 Å². The van der Waals surface area contributed by atoms with Gasteiger partial charge in [-0.2, -0.15) is 0 Å². The zero-order chi connectivity index (χ0) is 17.9. The Morgan fingerprint density at radius 3 is 2.50 bits per heavy atom. The molecule has 1 aromatic rings. The first-order valence-electron chi connectivity index (χ1n) is 7.48. The fourth-order valence-corrected chi connectivity index (χ4v) is 2.62. The molecule has 1 heterocycles. The van der Waals surface area contributed by atoms with Gasteiger partial charge in [-0.05, 0) is 12.5 Å². The van der Waals surface area contributed by atoms with E-state index >= 15 is 0 Å². The van der Waals surface area contributed by atoms with Crippen molar-refractivity contribution in [3.63, 3.8) is 0 Å². The van der Waals surface area contributed by atoms with E-state index in [0.29, 0.717) is 5.57 Å². The van der Waals surface area contributed by atoms with Crippen LogP contribution >= 0.6 is 0 Å². The summed E-state index contributed by atoms with van der Waals surface area (Å²) in [6.45, 7) is 5.15. The third-order valence-corrected chi connectivity index (χ3v) is 3.86. The second kappa shape index (κ2) is 7.25. The number of alkyl halides is 1. The molecule has 0 bridgehead atoms. The van der Waals surface area contributed by atoms with E-state index in [0.717, 1.165) is 10.5 Å². The average molecular weight is 334 g/mol. The minimum Gasteiger partial charge on any atom is -0.481 e. The molecule has 0 radical (unpaired) electrons. The number of hydrogen-bond donors (Lipinski definition) is 2. The summed E-state index contributed by atoms with van der Waals surface area (Å²) in [7, 11) is 0. The van der Waals surface area contributed by atoms with Gasteiger partial charge in [-0.1, -0.05) is 42.5 Å². The van der Waals surface area contributed by atoms with E-state index in [9.17, 15) is 18.8 Å². The number of aliphatic carboxylic acids is 1. The lowest BCUT2D eigenvalue weighted by molar-refractivity contribution is -0.169. The summed E-state index contributed by atoms with van der Waals surface area (Å²) in [5.41, 5.74) is 1.13. The number of carbonyl (C=O) groups is 3. The molecule has 3 atom stereocenters. The van der Waals surface area contributed by atoms with Gasteiger partial charge < -0.3 is 15.3 Å². The molecule has 1 aliphatic rings. The lowest BCUT2D eigenvalue weighted by Crippen LogP contribution is -2.71. The Hall–Kier alpha value is -2.70. The van der Waals surface area contributed by atoms with Crippen LogP contribution in [0.25, 0.3) is 0 Å². The quantitative estimate of drug-likeness (QED) is 0.447. The maximum atomic E-state index is 14.3. The third kappa shape index (κ3) is 3.79. The van der Waals surface area contributed by atoms with E-state index in [-0.39, 0.29) is 6.42 Å². The van der Waals surface area contributed by atoms with Crippen molar-refractivity contribution in [1.29, 1.82) is 0 Å². The number of carbonyl (C=O) groups excluding carboxylic acids is 2. The highest BCUT2D eigenvalue weighted by Crippen LogP contribution is 2.28. The highest BCUT2D eigenvalue weighted by atomic mass is 19.1. The summed E-state index contributed by atoms with van der Waals surface area (Å²) in [4.78, 5) is 35.7. The fourth-order valence-electron chi connectivity index (χ4n) is 2.62. The van der Waals surface area contributed by atoms with Gasteiger partial charge in [0.25, 0.3) is 5.91 Å². The van der Waals surface area contributed by atoms with Crippen molar-refractivity contribution in [2.75, 3.05) is 0 Å². The van der Waals surface area contributed by atoms with Gasteiger partial charge in [0, 0.05) is 0 Å². The Kier molecular flexibility index (Phi) is 5.33. The monoisotopic (exact) mass is 334 g/mol. The van der Waals surface area contributed by atoms with Crippen molar-refractivity contribution in [3.05, 3.63) is 48.0 Å². The van der Waals surface area contributed by atoms with Crippen molar-refractivity contribution in [2.24, 2.45) is 0 Å². The molecule has 24 heavy (non-hydrogen) atoms. The van der Waals surface area contributed by atoms with Crippen LogP contribution in [0.2, 0.25) is 0 Å². The standard InChI is InChI=1S/C17H19FN2O4/c1-10(2)12(9-14(22)23)20-16(18)15(17(20)24)19-13(21)8-11-6-4-3-5-7-11/h3-7,12,15-16H,1,8-9H2,2H3,(H,19,21)(H,22,23). The van der Waals surface area contributed by atoms with Gasteiger partial charge in [-0.25, -0.2) is 4.39 Å². The zero-order valence-corrected chi connectivity index (χ0v) is 13.2. The Balaban J connectivity index is 1.97. The third-order valence-electron chi connectivity index (χ3n) is 3.86. The number of nitrogens with one attached hydrogen (secondary N) is 1. The van der Waals surface area contributed by atoms with Crippen molar-refractivity contribution >= 4 is 17.8 Å². The largest absolute Gasteiger partial charge is 0.481 e. The molecular weight excluding hydrogens is 315 g/mol. The highest BCUT2D eigenvalue weighted by Gasteiger charge is 2.52. The van der Waals surface area contributed by atoms with E-state index in [4.69, 9.17) is 5.11 Å². The summed E-state index contributed by atoms with van der Waals surface area (Å²) < 4.78 is 14.3. The number of β-lactam (4-membered cyclic amide) rings is 1. The SMILES string of the molecule is C=C(C)C(CC(=O)O)N1C(=O)C(NC(=O)Cc2ccccc2)C1F. The Morgan fingerprint density at radius 1 is 1.38 bits per heavy atom. The number of likely N-dealkylation sites (tertiary alicyclic amines) is 1. The molecule has 3 unspecified atom stereocenters. The molecule has 1 aromatic carbocycles. The van der Waals surface area contributed by atoms with E-state index < -0.39 is 42.6 Å². The smallest absolute Gasteiger partial charge is 0.305 e.